The first-order valence-electron chi connectivity index (χ1n) is 6.19. The number of nitrogens with two attached hydrogens (primary N) is 1. The molecular formula is C16H17F2N. The monoisotopic (exact) mass is 261 g/mol. The maximum atomic E-state index is 13.7. The van der Waals surface area contributed by atoms with Crippen LogP contribution in [0.15, 0.2) is 42.5 Å². The highest BCUT2D eigenvalue weighted by Gasteiger charge is 2.24. The lowest BCUT2D eigenvalue weighted by Gasteiger charge is -2.27. The molecule has 0 aliphatic heterocycles. The molecule has 0 aliphatic carbocycles. The van der Waals surface area contributed by atoms with E-state index in [0.29, 0.717) is 12.0 Å². The zero-order valence-corrected chi connectivity index (χ0v) is 11.1. The van der Waals surface area contributed by atoms with E-state index < -0.39 is 5.54 Å². The van der Waals surface area contributed by atoms with Crippen LogP contribution in [0.1, 0.15) is 23.6 Å². The molecule has 0 saturated heterocycles. The maximum Gasteiger partial charge on any atom is 0.126 e. The summed E-state index contributed by atoms with van der Waals surface area (Å²) in [5, 5.41) is 0. The summed E-state index contributed by atoms with van der Waals surface area (Å²) in [6.45, 7) is 3.64. The lowest BCUT2D eigenvalue weighted by Crippen LogP contribution is -2.36. The van der Waals surface area contributed by atoms with Gasteiger partial charge in [0, 0.05) is 5.54 Å². The average molecular weight is 261 g/mol. The maximum absolute atomic E-state index is 13.7. The average Bonchev–Trinajstić information content (AvgIpc) is 2.31. The second-order valence-corrected chi connectivity index (χ2v) is 5.14. The van der Waals surface area contributed by atoms with Crippen LogP contribution in [0.3, 0.4) is 0 Å². The summed E-state index contributed by atoms with van der Waals surface area (Å²) in [6, 6.07) is 11.1. The molecule has 0 amide bonds. The Labute approximate surface area is 112 Å². The molecule has 0 bridgehead atoms. The second-order valence-electron chi connectivity index (χ2n) is 5.14. The number of hydrogen-bond donors (Lipinski definition) is 1. The summed E-state index contributed by atoms with van der Waals surface area (Å²) in [6.07, 6.45) is 0.367. The van der Waals surface area contributed by atoms with Gasteiger partial charge in [-0.1, -0.05) is 24.3 Å². The minimum Gasteiger partial charge on any atom is -0.321 e. The molecule has 1 unspecified atom stereocenters. The van der Waals surface area contributed by atoms with Gasteiger partial charge in [-0.05, 0) is 55.2 Å². The molecule has 0 heterocycles. The third-order valence-corrected chi connectivity index (χ3v) is 3.32. The third-order valence-electron chi connectivity index (χ3n) is 3.32. The fourth-order valence-electron chi connectivity index (χ4n) is 2.40. The van der Waals surface area contributed by atoms with Crippen LogP contribution in [-0.4, -0.2) is 0 Å². The van der Waals surface area contributed by atoms with Crippen LogP contribution in [0.2, 0.25) is 0 Å². The van der Waals surface area contributed by atoms with Crippen LogP contribution in [0.25, 0.3) is 0 Å². The molecule has 0 saturated carbocycles. The number of rotatable bonds is 3. The van der Waals surface area contributed by atoms with E-state index in [1.165, 1.54) is 18.2 Å². The van der Waals surface area contributed by atoms with Gasteiger partial charge in [-0.3, -0.25) is 0 Å². The van der Waals surface area contributed by atoms with Crippen LogP contribution in [-0.2, 0) is 12.0 Å². The quantitative estimate of drug-likeness (QED) is 0.896. The van der Waals surface area contributed by atoms with Gasteiger partial charge in [-0.25, -0.2) is 8.78 Å². The SMILES string of the molecule is Cc1cc(F)ccc1C(C)(N)Cc1ccccc1F. The summed E-state index contributed by atoms with van der Waals surface area (Å²) >= 11 is 0. The summed E-state index contributed by atoms with van der Waals surface area (Å²) in [7, 11) is 0. The normalized spacial score (nSPS) is 14.2. The van der Waals surface area contributed by atoms with Crippen LogP contribution < -0.4 is 5.73 Å². The van der Waals surface area contributed by atoms with E-state index in [1.807, 2.05) is 13.8 Å². The fraction of sp³-hybridized carbons (Fsp3) is 0.250. The summed E-state index contributed by atoms with van der Waals surface area (Å²) in [5.74, 6) is -0.554. The first-order valence-corrected chi connectivity index (χ1v) is 6.19. The van der Waals surface area contributed by atoms with Crippen molar-refractivity contribution < 1.29 is 8.78 Å². The Hall–Kier alpha value is -1.74. The molecule has 2 rings (SSSR count). The van der Waals surface area contributed by atoms with Gasteiger partial charge in [0.25, 0.3) is 0 Å². The lowest BCUT2D eigenvalue weighted by atomic mass is 9.84. The standard InChI is InChI=1S/C16H17F2N/c1-11-9-13(17)7-8-14(11)16(2,19)10-12-5-3-4-6-15(12)18/h3-9H,10,19H2,1-2H3. The molecule has 3 heteroatoms. The molecule has 2 N–H and O–H groups in total. The van der Waals surface area contributed by atoms with Crippen molar-refractivity contribution in [3.05, 3.63) is 70.8 Å². The molecule has 2 aromatic rings. The molecule has 0 spiro atoms. The van der Waals surface area contributed by atoms with Crippen LogP contribution in [0.5, 0.6) is 0 Å². The third kappa shape index (κ3) is 2.99. The van der Waals surface area contributed by atoms with Crippen molar-refractivity contribution in [2.75, 3.05) is 0 Å². The van der Waals surface area contributed by atoms with Gasteiger partial charge in [0.15, 0.2) is 0 Å². The topological polar surface area (TPSA) is 26.0 Å². The number of benzene rings is 2. The van der Waals surface area contributed by atoms with Gasteiger partial charge in [0.2, 0.25) is 0 Å². The van der Waals surface area contributed by atoms with Gasteiger partial charge in [0.05, 0.1) is 0 Å². The molecule has 0 aliphatic rings. The minimum absolute atomic E-state index is 0.265. The number of halogens is 2. The first-order chi connectivity index (χ1) is 8.90. The molecule has 0 fully saturated rings. The Kier molecular flexibility index (Phi) is 3.67. The summed E-state index contributed by atoms with van der Waals surface area (Å²) in [5.41, 5.74) is 7.74. The van der Waals surface area contributed by atoms with Crippen molar-refractivity contribution in [2.45, 2.75) is 25.8 Å². The Bertz CT molecular complexity index is 591. The van der Waals surface area contributed by atoms with E-state index in [1.54, 1.807) is 24.3 Å². The zero-order chi connectivity index (χ0) is 14.0. The molecule has 0 radical (unpaired) electrons. The highest BCUT2D eigenvalue weighted by atomic mass is 19.1. The van der Waals surface area contributed by atoms with Crippen LogP contribution >= 0.6 is 0 Å². The minimum atomic E-state index is -0.736. The molecule has 19 heavy (non-hydrogen) atoms. The second kappa shape index (κ2) is 5.10. The summed E-state index contributed by atoms with van der Waals surface area (Å²) in [4.78, 5) is 0. The fourth-order valence-corrected chi connectivity index (χ4v) is 2.40. The molecule has 2 aromatic carbocycles. The van der Waals surface area contributed by atoms with Crippen molar-refractivity contribution in [2.24, 2.45) is 5.73 Å². The largest absolute Gasteiger partial charge is 0.321 e. The van der Waals surface area contributed by atoms with Crippen molar-refractivity contribution in [1.82, 2.24) is 0 Å². The van der Waals surface area contributed by atoms with Gasteiger partial charge in [-0.2, -0.15) is 0 Å². The van der Waals surface area contributed by atoms with E-state index in [2.05, 4.69) is 0 Å². The predicted molar refractivity (Wildman–Crippen MR) is 72.8 cm³/mol. The molecule has 1 nitrogen and oxygen atoms in total. The molecule has 0 aromatic heterocycles. The van der Waals surface area contributed by atoms with E-state index in [0.717, 1.165) is 11.1 Å². The Balaban J connectivity index is 2.35. The van der Waals surface area contributed by atoms with Crippen LogP contribution in [0.4, 0.5) is 8.78 Å². The lowest BCUT2D eigenvalue weighted by molar-refractivity contribution is 0.471. The molecule has 100 valence electrons. The Morgan fingerprint density at radius 2 is 1.79 bits per heavy atom. The van der Waals surface area contributed by atoms with Crippen molar-refractivity contribution >= 4 is 0 Å². The number of hydrogen-bond acceptors (Lipinski definition) is 1. The van der Waals surface area contributed by atoms with Gasteiger partial charge >= 0.3 is 0 Å². The summed E-state index contributed by atoms with van der Waals surface area (Å²) < 4.78 is 26.8. The highest BCUT2D eigenvalue weighted by Crippen LogP contribution is 2.27. The van der Waals surface area contributed by atoms with E-state index in [4.69, 9.17) is 5.73 Å². The van der Waals surface area contributed by atoms with Crippen molar-refractivity contribution in [3.63, 3.8) is 0 Å². The van der Waals surface area contributed by atoms with E-state index in [9.17, 15) is 8.78 Å². The molecular weight excluding hydrogens is 244 g/mol. The Morgan fingerprint density at radius 3 is 2.42 bits per heavy atom. The van der Waals surface area contributed by atoms with Crippen molar-refractivity contribution in [3.8, 4) is 0 Å². The zero-order valence-electron chi connectivity index (χ0n) is 11.1. The van der Waals surface area contributed by atoms with Crippen LogP contribution in [0, 0.1) is 18.6 Å². The Morgan fingerprint density at radius 1 is 1.11 bits per heavy atom. The van der Waals surface area contributed by atoms with Gasteiger partial charge in [-0.15, -0.1) is 0 Å². The van der Waals surface area contributed by atoms with Gasteiger partial charge in [0.1, 0.15) is 11.6 Å². The van der Waals surface area contributed by atoms with Crippen molar-refractivity contribution in [1.29, 1.82) is 0 Å². The van der Waals surface area contributed by atoms with E-state index >= 15 is 0 Å². The highest BCUT2D eigenvalue weighted by molar-refractivity contribution is 5.34. The van der Waals surface area contributed by atoms with E-state index in [-0.39, 0.29) is 11.6 Å². The predicted octanol–water partition coefficient (Wildman–Crippen LogP) is 3.69. The first kappa shape index (κ1) is 13.7. The smallest absolute Gasteiger partial charge is 0.126 e. The van der Waals surface area contributed by atoms with Gasteiger partial charge < -0.3 is 5.73 Å². The number of aryl methyl sites for hydroxylation is 1. The molecule has 1 atom stereocenters.